The molecule has 0 bridgehead atoms. The van der Waals surface area contributed by atoms with E-state index in [0.29, 0.717) is 18.8 Å². The van der Waals surface area contributed by atoms with Gasteiger partial charge in [-0.05, 0) is 48.5 Å². The molecule has 0 aromatic carbocycles. The number of allylic oxidation sites excluding steroid dienone is 2. The van der Waals surface area contributed by atoms with Gasteiger partial charge in [-0.25, -0.2) is 0 Å². The van der Waals surface area contributed by atoms with Gasteiger partial charge in [0.1, 0.15) is 12.7 Å². The van der Waals surface area contributed by atoms with Crippen LogP contribution in [0.2, 0.25) is 0 Å². The van der Waals surface area contributed by atoms with Crippen molar-refractivity contribution in [3.05, 3.63) is 23.8 Å². The Morgan fingerprint density at radius 2 is 1.87 bits per heavy atom. The highest BCUT2D eigenvalue weighted by Crippen LogP contribution is 2.66. The fourth-order valence-corrected chi connectivity index (χ4v) is 6.61. The molecule has 0 heterocycles. The highest BCUT2D eigenvalue weighted by atomic mass is 16.5. The number of carbonyl (C=O) groups is 3. The lowest BCUT2D eigenvalue weighted by atomic mass is 9.49. The standard InChI is InChI=1S/C25H36O6/c1-15(2)19-9-10-21-20-8-7-18(14-30-16(3)26)11-12-24(20,5)22(31-17(4)27)13-25(19,21)23(28)29-6/h7-8,11,15,19-22H,9-10,12-14H2,1-6H3/t19-,20+,21+,22-,24+,25+/m1/s1. The molecule has 0 aliphatic heterocycles. The molecule has 172 valence electrons. The molecular weight excluding hydrogens is 396 g/mol. The molecule has 2 fully saturated rings. The van der Waals surface area contributed by atoms with Gasteiger partial charge in [-0.3, -0.25) is 14.4 Å². The topological polar surface area (TPSA) is 78.9 Å². The van der Waals surface area contributed by atoms with Gasteiger partial charge in [0.05, 0.1) is 12.5 Å². The number of esters is 3. The summed E-state index contributed by atoms with van der Waals surface area (Å²) < 4.78 is 16.5. The maximum atomic E-state index is 13.4. The van der Waals surface area contributed by atoms with E-state index in [-0.39, 0.29) is 47.7 Å². The summed E-state index contributed by atoms with van der Waals surface area (Å²) in [6.45, 7) is 9.52. The van der Waals surface area contributed by atoms with E-state index < -0.39 is 11.5 Å². The molecule has 6 nitrogen and oxygen atoms in total. The molecule has 3 rings (SSSR count). The van der Waals surface area contributed by atoms with E-state index in [9.17, 15) is 14.4 Å². The van der Waals surface area contributed by atoms with Gasteiger partial charge in [0, 0.05) is 25.7 Å². The molecule has 3 aliphatic carbocycles. The Kier molecular flexibility index (Phi) is 6.68. The van der Waals surface area contributed by atoms with Crippen LogP contribution < -0.4 is 0 Å². The summed E-state index contributed by atoms with van der Waals surface area (Å²) in [4.78, 5) is 36.7. The second-order valence-electron chi connectivity index (χ2n) is 10.0. The van der Waals surface area contributed by atoms with Crippen molar-refractivity contribution in [3.63, 3.8) is 0 Å². The lowest BCUT2D eigenvalue weighted by Gasteiger charge is -2.56. The zero-order chi connectivity index (χ0) is 23.0. The highest BCUT2D eigenvalue weighted by molar-refractivity contribution is 5.79. The zero-order valence-corrected chi connectivity index (χ0v) is 19.6. The van der Waals surface area contributed by atoms with Gasteiger partial charge >= 0.3 is 17.9 Å². The summed E-state index contributed by atoms with van der Waals surface area (Å²) in [5.74, 6) is -0.184. The minimum atomic E-state index is -0.669. The third-order valence-corrected chi connectivity index (χ3v) is 8.01. The van der Waals surface area contributed by atoms with Gasteiger partial charge in [-0.1, -0.05) is 39.0 Å². The van der Waals surface area contributed by atoms with Crippen LogP contribution in [0, 0.1) is 34.5 Å². The lowest BCUT2D eigenvalue weighted by Crippen LogP contribution is -2.59. The summed E-state index contributed by atoms with van der Waals surface area (Å²) in [6, 6.07) is 0. The van der Waals surface area contributed by atoms with Crippen molar-refractivity contribution < 1.29 is 28.6 Å². The van der Waals surface area contributed by atoms with E-state index in [1.165, 1.54) is 21.0 Å². The van der Waals surface area contributed by atoms with Crippen LogP contribution >= 0.6 is 0 Å². The number of hydrogen-bond acceptors (Lipinski definition) is 6. The number of rotatable bonds is 5. The molecule has 2 saturated carbocycles. The van der Waals surface area contributed by atoms with Crippen LogP contribution in [0.5, 0.6) is 0 Å². The van der Waals surface area contributed by atoms with Crippen molar-refractivity contribution in [1.82, 2.24) is 0 Å². The first kappa shape index (κ1) is 23.6. The number of hydrogen-bond donors (Lipinski definition) is 0. The van der Waals surface area contributed by atoms with Gasteiger partial charge in [0.2, 0.25) is 0 Å². The molecule has 0 unspecified atom stereocenters. The van der Waals surface area contributed by atoms with Gasteiger partial charge < -0.3 is 14.2 Å². The first-order chi connectivity index (χ1) is 14.6. The van der Waals surface area contributed by atoms with Crippen molar-refractivity contribution in [1.29, 1.82) is 0 Å². The molecule has 31 heavy (non-hydrogen) atoms. The van der Waals surface area contributed by atoms with Crippen molar-refractivity contribution in [2.75, 3.05) is 13.7 Å². The second kappa shape index (κ2) is 8.79. The molecule has 0 N–H and O–H groups in total. The molecule has 6 heteroatoms. The van der Waals surface area contributed by atoms with Crippen molar-refractivity contribution in [2.45, 2.75) is 66.4 Å². The number of carbonyl (C=O) groups excluding carboxylic acids is 3. The molecule has 0 radical (unpaired) electrons. The van der Waals surface area contributed by atoms with E-state index in [0.717, 1.165) is 18.4 Å². The van der Waals surface area contributed by atoms with Crippen molar-refractivity contribution >= 4 is 17.9 Å². The average Bonchev–Trinajstić information content (AvgIpc) is 2.99. The number of fused-ring (bicyclic) bond motifs is 3. The Balaban J connectivity index is 2.08. The van der Waals surface area contributed by atoms with Crippen LogP contribution in [0.1, 0.15) is 60.3 Å². The van der Waals surface area contributed by atoms with Crippen LogP contribution in [0.25, 0.3) is 0 Å². The summed E-state index contributed by atoms with van der Waals surface area (Å²) in [5.41, 5.74) is -0.0962. The largest absolute Gasteiger partial charge is 0.469 e. The minimum absolute atomic E-state index is 0.0412. The molecule has 6 atom stereocenters. The van der Waals surface area contributed by atoms with Crippen LogP contribution in [-0.2, 0) is 28.6 Å². The molecule has 0 saturated heterocycles. The van der Waals surface area contributed by atoms with E-state index in [2.05, 4.69) is 32.9 Å². The SMILES string of the molecule is COC(=O)[C@]12C[C@@H](OC(C)=O)[C@@]3(C)CC=C(COC(C)=O)C=C[C@H]3[C@@H]1CC[C@@H]2C(C)C. The van der Waals surface area contributed by atoms with Crippen LogP contribution in [0.15, 0.2) is 23.8 Å². The third-order valence-electron chi connectivity index (χ3n) is 8.01. The monoisotopic (exact) mass is 432 g/mol. The Morgan fingerprint density at radius 3 is 2.45 bits per heavy atom. The maximum Gasteiger partial charge on any atom is 0.312 e. The lowest BCUT2D eigenvalue weighted by molar-refractivity contribution is -0.192. The van der Waals surface area contributed by atoms with E-state index in [1.807, 2.05) is 6.08 Å². The minimum Gasteiger partial charge on any atom is -0.469 e. The van der Waals surface area contributed by atoms with Crippen molar-refractivity contribution in [3.8, 4) is 0 Å². The molecular formula is C25H36O6. The predicted octanol–water partition coefficient (Wildman–Crippen LogP) is 4.24. The number of methoxy groups -OCH3 is 1. The Morgan fingerprint density at radius 1 is 1.16 bits per heavy atom. The van der Waals surface area contributed by atoms with Gasteiger partial charge in [0.25, 0.3) is 0 Å². The van der Waals surface area contributed by atoms with E-state index >= 15 is 0 Å². The quantitative estimate of drug-likeness (QED) is 0.478. The Hall–Kier alpha value is -2.11. The first-order valence-corrected chi connectivity index (χ1v) is 11.3. The zero-order valence-electron chi connectivity index (χ0n) is 19.6. The molecule has 0 amide bonds. The van der Waals surface area contributed by atoms with E-state index in [4.69, 9.17) is 14.2 Å². The van der Waals surface area contributed by atoms with Crippen LogP contribution in [0.4, 0.5) is 0 Å². The normalized spacial score (nSPS) is 36.7. The fourth-order valence-electron chi connectivity index (χ4n) is 6.61. The summed E-state index contributed by atoms with van der Waals surface area (Å²) in [6.07, 6.45) is 8.91. The first-order valence-electron chi connectivity index (χ1n) is 11.3. The average molecular weight is 433 g/mol. The molecule has 0 spiro atoms. The molecule has 0 aromatic rings. The summed E-state index contributed by atoms with van der Waals surface area (Å²) >= 11 is 0. The smallest absolute Gasteiger partial charge is 0.312 e. The number of ether oxygens (including phenoxy) is 3. The van der Waals surface area contributed by atoms with Crippen LogP contribution in [-0.4, -0.2) is 37.7 Å². The molecule has 0 aromatic heterocycles. The van der Waals surface area contributed by atoms with Crippen molar-refractivity contribution in [2.24, 2.45) is 34.5 Å². The summed E-state index contributed by atoms with van der Waals surface area (Å²) in [5, 5.41) is 0. The van der Waals surface area contributed by atoms with Crippen LogP contribution in [0.3, 0.4) is 0 Å². The highest BCUT2D eigenvalue weighted by Gasteiger charge is 2.67. The maximum absolute atomic E-state index is 13.4. The van der Waals surface area contributed by atoms with Gasteiger partial charge in [-0.15, -0.1) is 0 Å². The fraction of sp³-hybridized carbons (Fsp3) is 0.720. The predicted molar refractivity (Wildman–Crippen MR) is 116 cm³/mol. The van der Waals surface area contributed by atoms with E-state index in [1.54, 1.807) is 0 Å². The van der Waals surface area contributed by atoms with Gasteiger partial charge in [0.15, 0.2) is 0 Å². The molecule has 3 aliphatic rings. The van der Waals surface area contributed by atoms with Gasteiger partial charge in [-0.2, -0.15) is 0 Å². The Bertz CT molecular complexity index is 796. The third kappa shape index (κ3) is 4.06. The summed E-state index contributed by atoms with van der Waals surface area (Å²) in [7, 11) is 1.46. The second-order valence-corrected chi connectivity index (χ2v) is 10.0. The Labute approximate surface area is 185 Å².